The molecule has 0 aromatic carbocycles. The van der Waals surface area contributed by atoms with Crippen molar-refractivity contribution in [2.75, 3.05) is 20.1 Å². The Morgan fingerprint density at radius 1 is 1.43 bits per heavy atom. The van der Waals surface area contributed by atoms with Crippen LogP contribution in [0.2, 0.25) is 0 Å². The first-order valence-electron chi connectivity index (χ1n) is 5.12. The maximum Gasteiger partial charge on any atom is 0.320 e. The van der Waals surface area contributed by atoms with Crippen LogP contribution >= 0.6 is 0 Å². The fourth-order valence-electron chi connectivity index (χ4n) is 1.31. The van der Waals surface area contributed by atoms with Crippen molar-refractivity contribution in [3.05, 3.63) is 0 Å². The van der Waals surface area contributed by atoms with Gasteiger partial charge in [0, 0.05) is 0 Å². The standard InChI is InChI=1S/C10H22N2O2/c1-8(2)5-7-12(3)9(4-6-11)10(13)14/h8-9H,4-7,11H2,1-3H3,(H,13,14). The van der Waals surface area contributed by atoms with E-state index >= 15 is 0 Å². The predicted octanol–water partition coefficient (Wildman–Crippen LogP) is 0.766. The summed E-state index contributed by atoms with van der Waals surface area (Å²) in [5.41, 5.74) is 5.37. The smallest absolute Gasteiger partial charge is 0.320 e. The second kappa shape index (κ2) is 6.79. The molecule has 84 valence electrons. The Bertz CT molecular complexity index is 172. The highest BCUT2D eigenvalue weighted by molar-refractivity contribution is 5.73. The molecule has 0 rings (SSSR count). The van der Waals surface area contributed by atoms with Crippen LogP contribution in [-0.2, 0) is 4.79 Å². The zero-order valence-corrected chi connectivity index (χ0v) is 9.36. The van der Waals surface area contributed by atoms with Crippen molar-refractivity contribution in [3.8, 4) is 0 Å². The number of hydrogen-bond donors (Lipinski definition) is 2. The molecule has 0 saturated carbocycles. The Morgan fingerprint density at radius 3 is 2.36 bits per heavy atom. The summed E-state index contributed by atoms with van der Waals surface area (Å²) in [6.45, 7) is 5.50. The topological polar surface area (TPSA) is 66.6 Å². The lowest BCUT2D eigenvalue weighted by atomic mass is 10.1. The summed E-state index contributed by atoms with van der Waals surface area (Å²) in [5.74, 6) is -0.175. The summed E-state index contributed by atoms with van der Waals surface area (Å²) in [6.07, 6.45) is 1.54. The zero-order valence-electron chi connectivity index (χ0n) is 9.36. The number of hydrogen-bond acceptors (Lipinski definition) is 3. The Morgan fingerprint density at radius 2 is 2.00 bits per heavy atom. The molecule has 0 aliphatic heterocycles. The minimum absolute atomic E-state index is 0.420. The molecular formula is C10H22N2O2. The largest absolute Gasteiger partial charge is 0.480 e. The molecule has 3 N–H and O–H groups in total. The van der Waals surface area contributed by atoms with E-state index in [0.717, 1.165) is 13.0 Å². The molecule has 0 amide bonds. The van der Waals surface area contributed by atoms with Crippen LogP contribution in [0, 0.1) is 5.92 Å². The van der Waals surface area contributed by atoms with Crippen LogP contribution in [0.25, 0.3) is 0 Å². The molecule has 0 spiro atoms. The van der Waals surface area contributed by atoms with Crippen molar-refractivity contribution in [1.82, 2.24) is 4.90 Å². The second-order valence-corrected chi connectivity index (χ2v) is 4.09. The van der Waals surface area contributed by atoms with Crippen LogP contribution in [0.4, 0.5) is 0 Å². The Hall–Kier alpha value is -0.610. The van der Waals surface area contributed by atoms with Crippen LogP contribution in [0.15, 0.2) is 0 Å². The maximum absolute atomic E-state index is 10.9. The van der Waals surface area contributed by atoms with Gasteiger partial charge in [-0.2, -0.15) is 0 Å². The zero-order chi connectivity index (χ0) is 11.1. The number of carbonyl (C=O) groups is 1. The van der Waals surface area contributed by atoms with Gasteiger partial charge in [0.1, 0.15) is 6.04 Å². The minimum atomic E-state index is -0.776. The van der Waals surface area contributed by atoms with Gasteiger partial charge in [-0.25, -0.2) is 0 Å². The molecule has 1 unspecified atom stereocenters. The van der Waals surface area contributed by atoms with E-state index in [2.05, 4.69) is 13.8 Å². The average molecular weight is 202 g/mol. The molecular weight excluding hydrogens is 180 g/mol. The molecule has 4 nitrogen and oxygen atoms in total. The van der Waals surface area contributed by atoms with Crippen molar-refractivity contribution in [3.63, 3.8) is 0 Å². The molecule has 0 aliphatic rings. The van der Waals surface area contributed by atoms with E-state index in [1.54, 1.807) is 0 Å². The molecule has 0 fully saturated rings. The van der Waals surface area contributed by atoms with E-state index in [1.807, 2.05) is 11.9 Å². The molecule has 0 heterocycles. The first-order valence-corrected chi connectivity index (χ1v) is 5.12. The van der Waals surface area contributed by atoms with Gasteiger partial charge in [-0.15, -0.1) is 0 Å². The first-order chi connectivity index (χ1) is 6.49. The van der Waals surface area contributed by atoms with Crippen LogP contribution in [0.3, 0.4) is 0 Å². The van der Waals surface area contributed by atoms with Gasteiger partial charge in [0.2, 0.25) is 0 Å². The van der Waals surface area contributed by atoms with Gasteiger partial charge < -0.3 is 10.8 Å². The van der Waals surface area contributed by atoms with E-state index in [9.17, 15) is 4.79 Å². The number of nitrogens with two attached hydrogens (primary N) is 1. The maximum atomic E-state index is 10.9. The highest BCUT2D eigenvalue weighted by atomic mass is 16.4. The number of rotatable bonds is 7. The van der Waals surface area contributed by atoms with Gasteiger partial charge in [0.25, 0.3) is 0 Å². The van der Waals surface area contributed by atoms with Gasteiger partial charge in [-0.05, 0) is 38.9 Å². The molecule has 0 aromatic rings. The monoisotopic (exact) mass is 202 g/mol. The van der Waals surface area contributed by atoms with Crippen molar-refractivity contribution >= 4 is 5.97 Å². The quantitative estimate of drug-likeness (QED) is 0.640. The van der Waals surface area contributed by atoms with Crippen LogP contribution < -0.4 is 5.73 Å². The van der Waals surface area contributed by atoms with Crippen molar-refractivity contribution in [2.24, 2.45) is 11.7 Å². The lowest BCUT2D eigenvalue weighted by Gasteiger charge is -2.24. The summed E-state index contributed by atoms with van der Waals surface area (Å²) in [6, 6.07) is -0.432. The van der Waals surface area contributed by atoms with Gasteiger partial charge in [0.15, 0.2) is 0 Å². The fraction of sp³-hybridized carbons (Fsp3) is 0.900. The lowest BCUT2D eigenvalue weighted by molar-refractivity contribution is -0.143. The summed E-state index contributed by atoms with van der Waals surface area (Å²) in [5, 5.41) is 8.94. The summed E-state index contributed by atoms with van der Waals surface area (Å²) >= 11 is 0. The average Bonchev–Trinajstić information content (AvgIpc) is 2.09. The number of carboxylic acid groups (broad SMARTS) is 1. The van der Waals surface area contributed by atoms with Crippen LogP contribution in [0.1, 0.15) is 26.7 Å². The van der Waals surface area contributed by atoms with E-state index in [0.29, 0.717) is 18.9 Å². The molecule has 14 heavy (non-hydrogen) atoms. The predicted molar refractivity (Wildman–Crippen MR) is 57.2 cm³/mol. The third-order valence-electron chi connectivity index (χ3n) is 2.32. The Labute approximate surface area is 86.1 Å². The Kier molecular flexibility index (Phi) is 6.49. The van der Waals surface area contributed by atoms with Crippen molar-refractivity contribution in [2.45, 2.75) is 32.7 Å². The lowest BCUT2D eigenvalue weighted by Crippen LogP contribution is -2.40. The van der Waals surface area contributed by atoms with Crippen molar-refractivity contribution in [1.29, 1.82) is 0 Å². The molecule has 0 radical (unpaired) electrons. The molecule has 1 atom stereocenters. The SMILES string of the molecule is CC(C)CCN(C)C(CCN)C(=O)O. The van der Waals surface area contributed by atoms with Gasteiger partial charge in [0.05, 0.1) is 0 Å². The molecule has 0 bridgehead atoms. The molecule has 0 aromatic heterocycles. The van der Waals surface area contributed by atoms with E-state index in [4.69, 9.17) is 10.8 Å². The second-order valence-electron chi connectivity index (χ2n) is 4.09. The molecule has 4 heteroatoms. The Balaban J connectivity index is 4.01. The molecule has 0 aliphatic carbocycles. The normalized spacial score (nSPS) is 13.6. The summed E-state index contributed by atoms with van der Waals surface area (Å²) in [4.78, 5) is 12.7. The molecule has 0 saturated heterocycles. The first kappa shape index (κ1) is 13.4. The number of carboxylic acids is 1. The van der Waals surface area contributed by atoms with Crippen LogP contribution in [0.5, 0.6) is 0 Å². The van der Waals surface area contributed by atoms with Gasteiger partial charge in [-0.3, -0.25) is 9.69 Å². The number of likely N-dealkylation sites (N-methyl/N-ethyl adjacent to an activating group) is 1. The van der Waals surface area contributed by atoms with E-state index in [1.165, 1.54) is 0 Å². The highest BCUT2D eigenvalue weighted by Crippen LogP contribution is 2.06. The van der Waals surface area contributed by atoms with Gasteiger partial charge in [-0.1, -0.05) is 13.8 Å². The number of aliphatic carboxylic acids is 1. The third-order valence-corrected chi connectivity index (χ3v) is 2.32. The summed E-state index contributed by atoms with van der Waals surface area (Å²) < 4.78 is 0. The van der Waals surface area contributed by atoms with E-state index in [-0.39, 0.29) is 0 Å². The fourth-order valence-corrected chi connectivity index (χ4v) is 1.31. The third kappa shape index (κ3) is 5.19. The number of nitrogens with zero attached hydrogens (tertiary/aromatic N) is 1. The summed E-state index contributed by atoms with van der Waals surface area (Å²) in [7, 11) is 1.84. The van der Waals surface area contributed by atoms with Crippen LogP contribution in [-0.4, -0.2) is 42.2 Å². The van der Waals surface area contributed by atoms with Crippen molar-refractivity contribution < 1.29 is 9.90 Å². The van der Waals surface area contributed by atoms with E-state index < -0.39 is 12.0 Å². The minimum Gasteiger partial charge on any atom is -0.480 e. The highest BCUT2D eigenvalue weighted by Gasteiger charge is 2.21. The van der Waals surface area contributed by atoms with Gasteiger partial charge >= 0.3 is 5.97 Å².